The second-order valence-electron chi connectivity index (χ2n) is 8.01. The SMILES string of the molecule is Cc1ccc(S(=O)(=O)N[C@@H](C(=O)N/N=C\c2ccc(-c3ccc([N+](=O)[O-])cc3Cl)o2)C(C)C)cc1. The van der Waals surface area contributed by atoms with Gasteiger partial charge in [0.15, 0.2) is 0 Å². The van der Waals surface area contributed by atoms with Crippen LogP contribution in [0.2, 0.25) is 5.02 Å². The number of furan rings is 1. The number of halogens is 1. The van der Waals surface area contributed by atoms with Gasteiger partial charge in [-0.05, 0) is 43.2 Å². The van der Waals surface area contributed by atoms with Crippen LogP contribution in [0.4, 0.5) is 5.69 Å². The van der Waals surface area contributed by atoms with E-state index in [1.165, 1.54) is 36.5 Å². The Morgan fingerprint density at radius 3 is 2.43 bits per heavy atom. The quantitative estimate of drug-likeness (QED) is 0.246. The minimum Gasteiger partial charge on any atom is -0.455 e. The summed E-state index contributed by atoms with van der Waals surface area (Å²) >= 11 is 6.12. The number of nitrogens with one attached hydrogen (secondary N) is 2. The van der Waals surface area contributed by atoms with Crippen LogP contribution in [0, 0.1) is 23.0 Å². The summed E-state index contributed by atoms with van der Waals surface area (Å²) in [5.41, 5.74) is 3.53. The lowest BCUT2D eigenvalue weighted by Crippen LogP contribution is -2.48. The van der Waals surface area contributed by atoms with Crippen molar-refractivity contribution in [2.45, 2.75) is 31.7 Å². The Labute approximate surface area is 207 Å². The average molecular weight is 519 g/mol. The lowest BCUT2D eigenvalue weighted by Gasteiger charge is -2.20. The highest BCUT2D eigenvalue weighted by Crippen LogP contribution is 2.32. The van der Waals surface area contributed by atoms with Gasteiger partial charge in [0.25, 0.3) is 11.6 Å². The summed E-state index contributed by atoms with van der Waals surface area (Å²) in [6, 6.07) is 12.4. The molecule has 0 fully saturated rings. The first kappa shape index (κ1) is 26.1. The molecule has 1 aromatic heterocycles. The van der Waals surface area contributed by atoms with Crippen molar-refractivity contribution in [3.8, 4) is 11.3 Å². The summed E-state index contributed by atoms with van der Waals surface area (Å²) in [7, 11) is -3.92. The number of benzene rings is 2. The Morgan fingerprint density at radius 1 is 1.14 bits per heavy atom. The maximum Gasteiger partial charge on any atom is 0.270 e. The number of rotatable bonds is 9. The van der Waals surface area contributed by atoms with Gasteiger partial charge in [-0.3, -0.25) is 14.9 Å². The molecule has 0 spiro atoms. The molecule has 35 heavy (non-hydrogen) atoms. The molecular formula is C23H23ClN4O6S. The number of hydrogen-bond acceptors (Lipinski definition) is 7. The molecule has 184 valence electrons. The molecule has 0 bridgehead atoms. The molecule has 1 atom stereocenters. The van der Waals surface area contributed by atoms with E-state index in [2.05, 4.69) is 15.2 Å². The van der Waals surface area contributed by atoms with E-state index in [1.54, 1.807) is 38.1 Å². The molecular weight excluding hydrogens is 496 g/mol. The molecule has 0 saturated carbocycles. The van der Waals surface area contributed by atoms with Gasteiger partial charge in [0, 0.05) is 17.7 Å². The van der Waals surface area contributed by atoms with Crippen LogP contribution in [0.25, 0.3) is 11.3 Å². The van der Waals surface area contributed by atoms with E-state index in [0.717, 1.165) is 5.56 Å². The third-order valence-corrected chi connectivity index (χ3v) is 6.75. The standard InChI is InChI=1S/C23H23ClN4O6S/c1-14(2)22(27-35(32,33)18-8-4-15(3)5-9-18)23(29)26-25-13-17-7-11-21(34-17)19-10-6-16(28(30)31)12-20(19)24/h4-14,22,27H,1-3H3,(H,26,29)/b25-13-/t22-/m1/s1. The van der Waals surface area contributed by atoms with Crippen molar-refractivity contribution >= 4 is 39.4 Å². The average Bonchev–Trinajstić information content (AvgIpc) is 3.26. The molecule has 0 aliphatic heterocycles. The maximum atomic E-state index is 12.7. The van der Waals surface area contributed by atoms with Gasteiger partial charge in [0.1, 0.15) is 17.6 Å². The Morgan fingerprint density at radius 2 is 1.83 bits per heavy atom. The van der Waals surface area contributed by atoms with Crippen LogP contribution in [0.5, 0.6) is 0 Å². The van der Waals surface area contributed by atoms with Crippen molar-refractivity contribution in [1.82, 2.24) is 10.1 Å². The predicted molar refractivity (Wildman–Crippen MR) is 132 cm³/mol. The minimum absolute atomic E-state index is 0.0538. The fourth-order valence-electron chi connectivity index (χ4n) is 3.06. The van der Waals surface area contributed by atoms with Gasteiger partial charge in [0.2, 0.25) is 10.0 Å². The normalized spacial score (nSPS) is 12.7. The number of amides is 1. The molecule has 2 N–H and O–H groups in total. The summed E-state index contributed by atoms with van der Waals surface area (Å²) < 4.78 is 33.4. The molecule has 1 heterocycles. The molecule has 12 heteroatoms. The molecule has 0 unspecified atom stereocenters. The number of non-ortho nitro benzene ring substituents is 1. The van der Waals surface area contributed by atoms with Crippen molar-refractivity contribution in [2.24, 2.45) is 11.0 Å². The monoisotopic (exact) mass is 518 g/mol. The number of sulfonamides is 1. The smallest absolute Gasteiger partial charge is 0.270 e. The van der Waals surface area contributed by atoms with E-state index in [0.29, 0.717) is 11.3 Å². The molecule has 0 aliphatic rings. The Hall–Kier alpha value is -3.54. The molecule has 10 nitrogen and oxygen atoms in total. The number of hydrazone groups is 1. The summed E-state index contributed by atoms with van der Waals surface area (Å²) in [4.78, 5) is 23.0. The lowest BCUT2D eigenvalue weighted by atomic mass is 10.1. The van der Waals surface area contributed by atoms with Crippen molar-refractivity contribution in [2.75, 3.05) is 0 Å². The van der Waals surface area contributed by atoms with Gasteiger partial charge in [-0.15, -0.1) is 0 Å². The van der Waals surface area contributed by atoms with Crippen molar-refractivity contribution in [1.29, 1.82) is 0 Å². The molecule has 0 radical (unpaired) electrons. The Bertz CT molecular complexity index is 1370. The van der Waals surface area contributed by atoms with E-state index in [9.17, 15) is 23.3 Å². The second-order valence-corrected chi connectivity index (χ2v) is 10.1. The van der Waals surface area contributed by atoms with E-state index in [4.69, 9.17) is 16.0 Å². The zero-order valence-corrected chi connectivity index (χ0v) is 20.6. The van der Waals surface area contributed by atoms with Gasteiger partial charge in [-0.1, -0.05) is 43.1 Å². The van der Waals surface area contributed by atoms with Crippen molar-refractivity contribution in [3.05, 3.63) is 81.1 Å². The number of carbonyl (C=O) groups excluding carboxylic acids is 1. The van der Waals surface area contributed by atoms with Crippen LogP contribution >= 0.6 is 11.6 Å². The van der Waals surface area contributed by atoms with Gasteiger partial charge >= 0.3 is 0 Å². The topological polar surface area (TPSA) is 144 Å². The molecule has 3 aromatic rings. The Balaban J connectivity index is 1.68. The number of carbonyl (C=O) groups is 1. The van der Waals surface area contributed by atoms with Crippen LogP contribution in [-0.2, 0) is 14.8 Å². The molecule has 2 aromatic carbocycles. The van der Waals surface area contributed by atoms with Crippen LogP contribution in [0.1, 0.15) is 25.2 Å². The fourth-order valence-corrected chi connectivity index (χ4v) is 4.67. The third-order valence-electron chi connectivity index (χ3n) is 4.98. The summed E-state index contributed by atoms with van der Waals surface area (Å²) in [5.74, 6) is -0.373. The first-order valence-electron chi connectivity index (χ1n) is 10.4. The van der Waals surface area contributed by atoms with Crippen LogP contribution in [0.3, 0.4) is 0 Å². The minimum atomic E-state index is -3.92. The number of nitro benzene ring substituents is 1. The molecule has 0 aliphatic carbocycles. The van der Waals surface area contributed by atoms with E-state index < -0.39 is 26.9 Å². The Kier molecular flexibility index (Phi) is 8.05. The van der Waals surface area contributed by atoms with Crippen molar-refractivity contribution < 1.29 is 22.6 Å². The van der Waals surface area contributed by atoms with Gasteiger partial charge in [-0.25, -0.2) is 13.8 Å². The maximum absolute atomic E-state index is 12.7. The highest BCUT2D eigenvalue weighted by molar-refractivity contribution is 7.89. The number of nitrogens with zero attached hydrogens (tertiary/aromatic N) is 2. The lowest BCUT2D eigenvalue weighted by molar-refractivity contribution is -0.384. The highest BCUT2D eigenvalue weighted by Gasteiger charge is 2.28. The molecule has 1 amide bonds. The largest absolute Gasteiger partial charge is 0.455 e. The zero-order valence-electron chi connectivity index (χ0n) is 19.1. The summed E-state index contributed by atoms with van der Waals surface area (Å²) in [6.07, 6.45) is 1.24. The van der Waals surface area contributed by atoms with Gasteiger partial charge in [-0.2, -0.15) is 9.82 Å². The number of hydrogen-bond donors (Lipinski definition) is 2. The van der Waals surface area contributed by atoms with Gasteiger partial charge in [0.05, 0.1) is 21.1 Å². The number of nitro groups is 1. The summed E-state index contributed by atoms with van der Waals surface area (Å²) in [5, 5.41) is 14.9. The summed E-state index contributed by atoms with van der Waals surface area (Å²) in [6.45, 7) is 5.26. The third kappa shape index (κ3) is 6.53. The van der Waals surface area contributed by atoms with Crippen LogP contribution < -0.4 is 10.1 Å². The van der Waals surface area contributed by atoms with E-state index in [1.807, 2.05) is 6.92 Å². The fraction of sp³-hybridized carbons (Fsp3) is 0.217. The highest BCUT2D eigenvalue weighted by atomic mass is 35.5. The number of aryl methyl sites for hydroxylation is 1. The van der Waals surface area contributed by atoms with Crippen LogP contribution in [-0.4, -0.2) is 31.5 Å². The van der Waals surface area contributed by atoms with E-state index >= 15 is 0 Å². The zero-order chi connectivity index (χ0) is 25.8. The first-order chi connectivity index (χ1) is 16.5. The van der Waals surface area contributed by atoms with Crippen molar-refractivity contribution in [3.63, 3.8) is 0 Å². The van der Waals surface area contributed by atoms with Crippen LogP contribution in [0.15, 0.2) is 69.0 Å². The molecule has 3 rings (SSSR count). The predicted octanol–water partition coefficient (Wildman–Crippen LogP) is 4.27. The second kappa shape index (κ2) is 10.8. The molecule has 0 saturated heterocycles. The first-order valence-corrected chi connectivity index (χ1v) is 12.3. The van der Waals surface area contributed by atoms with Gasteiger partial charge < -0.3 is 4.42 Å². The van der Waals surface area contributed by atoms with E-state index in [-0.39, 0.29) is 27.3 Å².